The number of ether oxygens (including phenoxy) is 1. The van der Waals surface area contributed by atoms with Crippen molar-refractivity contribution in [3.8, 4) is 6.07 Å². The summed E-state index contributed by atoms with van der Waals surface area (Å²) in [7, 11) is 0. The second kappa shape index (κ2) is 8.90. The Morgan fingerprint density at radius 1 is 1.14 bits per heavy atom. The van der Waals surface area contributed by atoms with Gasteiger partial charge in [-0.15, -0.1) is 0 Å². The molecule has 6 heteroatoms. The predicted molar refractivity (Wildman–Crippen MR) is 142 cm³/mol. The van der Waals surface area contributed by atoms with E-state index in [0.717, 1.165) is 91.4 Å². The van der Waals surface area contributed by atoms with Gasteiger partial charge in [-0.05, 0) is 67.0 Å². The van der Waals surface area contributed by atoms with Gasteiger partial charge < -0.3 is 14.6 Å². The lowest BCUT2D eigenvalue weighted by Gasteiger charge is -2.42. The molecule has 2 fully saturated rings. The van der Waals surface area contributed by atoms with Crippen LogP contribution in [0, 0.1) is 11.3 Å². The lowest BCUT2D eigenvalue weighted by atomic mass is 9.70. The number of ketones is 1. The molecule has 6 rings (SSSR count). The van der Waals surface area contributed by atoms with Crippen LogP contribution in [0.1, 0.15) is 84.0 Å². The van der Waals surface area contributed by atoms with Crippen molar-refractivity contribution in [2.45, 2.75) is 64.3 Å². The molecule has 188 valence electrons. The topological polar surface area (TPSA) is 72.4 Å². The number of aromatic amines is 1. The fourth-order valence-corrected chi connectivity index (χ4v) is 6.85. The van der Waals surface area contributed by atoms with Crippen molar-refractivity contribution in [2.75, 3.05) is 44.3 Å². The maximum absolute atomic E-state index is 13.9. The summed E-state index contributed by atoms with van der Waals surface area (Å²) in [6, 6.07) is 7.45. The Morgan fingerprint density at radius 3 is 2.58 bits per heavy atom. The summed E-state index contributed by atoms with van der Waals surface area (Å²) in [4.78, 5) is 22.6. The number of nitriles is 1. The van der Waals surface area contributed by atoms with Crippen molar-refractivity contribution >= 4 is 17.5 Å². The number of fused-ring (bicyclic) bond motifs is 4. The third kappa shape index (κ3) is 3.64. The smallest absolute Gasteiger partial charge is 0.195 e. The van der Waals surface area contributed by atoms with Crippen LogP contribution in [0.15, 0.2) is 17.7 Å². The summed E-state index contributed by atoms with van der Waals surface area (Å²) >= 11 is 0. The Labute approximate surface area is 213 Å². The number of carbonyl (C=O) groups is 1. The molecule has 0 spiro atoms. The standard InChI is InChI=1S/C30H36N4O2/c1-4-20-16-23-24(17-26(20)34-9-7-21(8-10-34)33-11-13-36-14-12-33)30(2,3)29-27(28(23)35)22-6-5-19(18-31)15-25(22)32-29/h15-17,21,32H,4-14H2,1-3H3. The minimum atomic E-state index is -0.316. The monoisotopic (exact) mass is 484 g/mol. The van der Waals surface area contributed by atoms with Gasteiger partial charge in [0.15, 0.2) is 5.78 Å². The van der Waals surface area contributed by atoms with Crippen molar-refractivity contribution in [1.29, 1.82) is 5.26 Å². The molecule has 0 amide bonds. The lowest BCUT2D eigenvalue weighted by Crippen LogP contribution is -2.49. The molecule has 2 aromatic rings. The van der Waals surface area contributed by atoms with Crippen LogP contribution in [0.25, 0.3) is 6.08 Å². The largest absolute Gasteiger partial charge is 0.379 e. The first-order chi connectivity index (χ1) is 17.4. The van der Waals surface area contributed by atoms with Gasteiger partial charge in [-0.1, -0.05) is 20.8 Å². The molecule has 4 aliphatic rings. The Morgan fingerprint density at radius 2 is 1.89 bits per heavy atom. The minimum absolute atomic E-state index is 0.137. The zero-order chi connectivity index (χ0) is 25.0. The molecule has 1 N–H and O–H groups in total. The van der Waals surface area contributed by atoms with E-state index in [0.29, 0.717) is 12.5 Å². The molecule has 1 aromatic heterocycles. The summed E-state index contributed by atoms with van der Waals surface area (Å²) in [5.41, 5.74) is 8.87. The number of piperidine rings is 1. The first-order valence-corrected chi connectivity index (χ1v) is 13.6. The number of allylic oxidation sites excluding steroid dienone is 1. The first kappa shape index (κ1) is 23.5. The second-order valence-corrected chi connectivity index (χ2v) is 11.2. The van der Waals surface area contributed by atoms with Crippen LogP contribution in [-0.4, -0.2) is 61.1 Å². The van der Waals surface area contributed by atoms with Crippen molar-refractivity contribution < 1.29 is 9.53 Å². The predicted octanol–water partition coefficient (Wildman–Crippen LogP) is 4.60. The number of aromatic nitrogens is 1. The van der Waals surface area contributed by atoms with E-state index in [-0.39, 0.29) is 11.2 Å². The van der Waals surface area contributed by atoms with Crippen LogP contribution in [-0.2, 0) is 23.0 Å². The fraction of sp³-hybridized carbons (Fsp3) is 0.533. The number of rotatable bonds is 3. The molecule has 2 aliphatic heterocycles. The van der Waals surface area contributed by atoms with Crippen LogP contribution in [0.4, 0.5) is 5.69 Å². The number of carbonyl (C=O) groups excluding carboxylic acids is 1. The molecule has 0 saturated carbocycles. The van der Waals surface area contributed by atoms with Crippen LogP contribution in [0.5, 0.6) is 0 Å². The molecule has 36 heavy (non-hydrogen) atoms. The normalized spacial score (nSPS) is 21.9. The summed E-state index contributed by atoms with van der Waals surface area (Å²) in [6.07, 6.45) is 6.63. The average Bonchev–Trinajstić information content (AvgIpc) is 3.32. The first-order valence-electron chi connectivity index (χ1n) is 13.6. The Bertz CT molecular complexity index is 1280. The molecule has 2 aliphatic carbocycles. The summed E-state index contributed by atoms with van der Waals surface area (Å²) < 4.78 is 5.56. The van der Waals surface area contributed by atoms with E-state index in [1.54, 1.807) is 0 Å². The summed E-state index contributed by atoms with van der Waals surface area (Å²) in [5.74, 6) is 0.137. The number of anilines is 1. The van der Waals surface area contributed by atoms with Gasteiger partial charge in [0.1, 0.15) is 0 Å². The third-order valence-electron chi connectivity index (χ3n) is 8.98. The van der Waals surface area contributed by atoms with E-state index in [9.17, 15) is 10.1 Å². The zero-order valence-electron chi connectivity index (χ0n) is 21.7. The lowest BCUT2D eigenvalue weighted by molar-refractivity contribution is 0.0115. The van der Waals surface area contributed by atoms with Crippen molar-refractivity contribution in [3.05, 3.63) is 56.9 Å². The van der Waals surface area contributed by atoms with Crippen LogP contribution in [0.3, 0.4) is 0 Å². The number of hydrogen-bond donors (Lipinski definition) is 1. The molecule has 1 aromatic carbocycles. The van der Waals surface area contributed by atoms with Crippen LogP contribution >= 0.6 is 0 Å². The summed E-state index contributed by atoms with van der Waals surface area (Å²) in [6.45, 7) is 12.6. The molecule has 0 unspecified atom stereocenters. The van der Waals surface area contributed by atoms with E-state index >= 15 is 0 Å². The van der Waals surface area contributed by atoms with Gasteiger partial charge >= 0.3 is 0 Å². The van der Waals surface area contributed by atoms with Crippen molar-refractivity contribution in [1.82, 2.24) is 9.88 Å². The molecule has 3 heterocycles. The highest BCUT2D eigenvalue weighted by atomic mass is 16.5. The van der Waals surface area contributed by atoms with E-state index in [1.165, 1.54) is 24.1 Å². The quantitative estimate of drug-likeness (QED) is 0.689. The van der Waals surface area contributed by atoms with Gasteiger partial charge in [0.25, 0.3) is 0 Å². The Hall–Kier alpha value is -2.88. The number of benzene rings is 1. The van der Waals surface area contributed by atoms with E-state index in [2.05, 4.69) is 53.8 Å². The minimum Gasteiger partial charge on any atom is -0.379 e. The van der Waals surface area contributed by atoms with E-state index < -0.39 is 0 Å². The Kier molecular flexibility index (Phi) is 5.81. The number of hydrogen-bond acceptors (Lipinski definition) is 5. The SMILES string of the molecule is CCc1cc2c(cc1N1CCC(N3CCOCC3)CC1)C(C)(C)c1[nH]c3c(c1C2=O)CCC(C#N)=C3. The van der Waals surface area contributed by atoms with Gasteiger partial charge in [-0.25, -0.2) is 0 Å². The van der Waals surface area contributed by atoms with Gasteiger partial charge in [0, 0.05) is 71.4 Å². The van der Waals surface area contributed by atoms with Crippen molar-refractivity contribution in [2.24, 2.45) is 0 Å². The maximum atomic E-state index is 13.9. The van der Waals surface area contributed by atoms with E-state index in [1.807, 2.05) is 6.08 Å². The zero-order valence-corrected chi connectivity index (χ0v) is 21.7. The number of nitrogens with zero attached hydrogens (tertiary/aromatic N) is 3. The summed E-state index contributed by atoms with van der Waals surface area (Å²) in [5, 5.41) is 9.41. The number of morpholine rings is 1. The molecule has 0 atom stereocenters. The number of H-pyrrole nitrogens is 1. The number of nitrogens with one attached hydrogen (secondary N) is 1. The van der Waals surface area contributed by atoms with Crippen LogP contribution in [0.2, 0.25) is 0 Å². The highest BCUT2D eigenvalue weighted by molar-refractivity contribution is 6.15. The molecule has 2 saturated heterocycles. The average molecular weight is 485 g/mol. The van der Waals surface area contributed by atoms with Gasteiger partial charge in [-0.2, -0.15) is 5.26 Å². The van der Waals surface area contributed by atoms with Gasteiger partial charge in [0.2, 0.25) is 0 Å². The van der Waals surface area contributed by atoms with E-state index in [4.69, 9.17) is 4.74 Å². The highest BCUT2D eigenvalue weighted by Crippen LogP contribution is 2.46. The fourth-order valence-electron chi connectivity index (χ4n) is 6.85. The number of aryl methyl sites for hydroxylation is 1. The van der Waals surface area contributed by atoms with Gasteiger partial charge in [0.05, 0.1) is 19.3 Å². The maximum Gasteiger partial charge on any atom is 0.195 e. The molecule has 0 radical (unpaired) electrons. The molecule has 0 bridgehead atoms. The Balaban J connectivity index is 1.35. The second-order valence-electron chi connectivity index (χ2n) is 11.2. The van der Waals surface area contributed by atoms with Crippen LogP contribution < -0.4 is 4.90 Å². The van der Waals surface area contributed by atoms with Crippen molar-refractivity contribution in [3.63, 3.8) is 0 Å². The van der Waals surface area contributed by atoms with Gasteiger partial charge in [-0.3, -0.25) is 9.69 Å². The molecule has 6 nitrogen and oxygen atoms in total. The molecular formula is C30H36N4O2. The third-order valence-corrected chi connectivity index (χ3v) is 8.98. The molecular weight excluding hydrogens is 448 g/mol. The highest BCUT2D eigenvalue weighted by Gasteiger charge is 2.42.